The first kappa shape index (κ1) is 18.6. The molecule has 1 heterocycles. The molecule has 1 amide bonds. The molecule has 0 spiro atoms. The molecule has 0 fully saturated rings. The Hall–Kier alpha value is -3.20. The summed E-state index contributed by atoms with van der Waals surface area (Å²) in [4.78, 5) is 26.9. The summed E-state index contributed by atoms with van der Waals surface area (Å²) in [6.45, 7) is 1.68. The number of hydrogen-bond donors (Lipinski definition) is 1. The number of hydrazone groups is 1. The predicted molar refractivity (Wildman–Crippen MR) is 105 cm³/mol. The summed E-state index contributed by atoms with van der Waals surface area (Å²) in [5.41, 5.74) is 5.39. The van der Waals surface area contributed by atoms with E-state index in [1.54, 1.807) is 19.1 Å². The highest BCUT2D eigenvalue weighted by Gasteiger charge is 2.11. The second-order valence-corrected chi connectivity index (χ2v) is 6.71. The van der Waals surface area contributed by atoms with Crippen molar-refractivity contribution in [3.63, 3.8) is 0 Å². The molecule has 3 aromatic rings. The fraction of sp³-hybridized carbons (Fsp3) is 0.167. The number of aromatic nitrogens is 2. The molecule has 0 aliphatic rings. The summed E-state index contributed by atoms with van der Waals surface area (Å²) in [6.07, 6.45) is 0. The third-order valence-corrected chi connectivity index (χ3v) is 4.93. The number of nitrogens with one attached hydrogen (secondary N) is 1. The van der Waals surface area contributed by atoms with Crippen LogP contribution in [0.2, 0.25) is 0 Å². The van der Waals surface area contributed by atoms with Gasteiger partial charge >= 0.3 is 0 Å². The number of amides is 1. The summed E-state index contributed by atoms with van der Waals surface area (Å²) < 4.78 is 1.94. The minimum Gasteiger partial charge on any atom is -0.322 e. The second kappa shape index (κ2) is 8.00. The van der Waals surface area contributed by atoms with Crippen LogP contribution in [-0.4, -0.2) is 31.8 Å². The Labute approximate surface area is 159 Å². The van der Waals surface area contributed by atoms with Gasteiger partial charge in [-0.3, -0.25) is 14.9 Å². The van der Waals surface area contributed by atoms with Crippen molar-refractivity contribution in [2.24, 2.45) is 12.1 Å². The maximum atomic E-state index is 12.1. The zero-order valence-corrected chi connectivity index (χ0v) is 15.6. The van der Waals surface area contributed by atoms with Gasteiger partial charge in [-0.15, -0.1) is 0 Å². The molecule has 27 heavy (non-hydrogen) atoms. The van der Waals surface area contributed by atoms with Gasteiger partial charge in [0.1, 0.15) is 0 Å². The van der Waals surface area contributed by atoms with Crippen molar-refractivity contribution < 1.29 is 9.72 Å². The topological polar surface area (TPSA) is 102 Å². The number of rotatable bonds is 6. The van der Waals surface area contributed by atoms with Crippen LogP contribution in [0.3, 0.4) is 0 Å². The molecular formula is C18H17N5O3S. The molecule has 3 rings (SSSR count). The lowest BCUT2D eigenvalue weighted by Gasteiger charge is -2.04. The van der Waals surface area contributed by atoms with Gasteiger partial charge in [-0.1, -0.05) is 36.0 Å². The van der Waals surface area contributed by atoms with Crippen molar-refractivity contribution in [3.05, 3.63) is 64.2 Å². The van der Waals surface area contributed by atoms with E-state index >= 15 is 0 Å². The normalized spacial score (nSPS) is 11.6. The molecule has 1 aromatic heterocycles. The maximum Gasteiger partial charge on any atom is 0.270 e. The molecule has 8 nitrogen and oxygen atoms in total. The van der Waals surface area contributed by atoms with E-state index in [0.717, 1.165) is 16.2 Å². The highest BCUT2D eigenvalue weighted by Crippen LogP contribution is 2.22. The molecule has 0 bridgehead atoms. The van der Waals surface area contributed by atoms with Crippen molar-refractivity contribution in [2.75, 3.05) is 5.75 Å². The molecule has 0 aliphatic heterocycles. The SMILES string of the molecule is C/C(=N\NC(=O)CSc1nc2ccccc2n1C)c1cccc([N+](=O)[O-])c1. The van der Waals surface area contributed by atoms with E-state index in [9.17, 15) is 14.9 Å². The van der Waals surface area contributed by atoms with Crippen LogP contribution in [0, 0.1) is 10.1 Å². The number of para-hydroxylation sites is 2. The van der Waals surface area contributed by atoms with Gasteiger partial charge in [0.2, 0.25) is 0 Å². The van der Waals surface area contributed by atoms with E-state index < -0.39 is 4.92 Å². The van der Waals surface area contributed by atoms with Crippen LogP contribution < -0.4 is 5.43 Å². The number of hydrogen-bond acceptors (Lipinski definition) is 6. The second-order valence-electron chi connectivity index (χ2n) is 5.77. The van der Waals surface area contributed by atoms with Gasteiger partial charge < -0.3 is 4.57 Å². The van der Waals surface area contributed by atoms with Crippen LogP contribution in [0.1, 0.15) is 12.5 Å². The Morgan fingerprint density at radius 1 is 1.30 bits per heavy atom. The fourth-order valence-electron chi connectivity index (χ4n) is 2.47. The average Bonchev–Trinajstić information content (AvgIpc) is 3.00. The number of non-ortho nitro benzene ring substituents is 1. The Bertz CT molecular complexity index is 1040. The average molecular weight is 383 g/mol. The van der Waals surface area contributed by atoms with Crippen molar-refractivity contribution in [1.82, 2.24) is 15.0 Å². The number of imidazole rings is 1. The molecule has 0 radical (unpaired) electrons. The first-order valence-electron chi connectivity index (χ1n) is 8.08. The highest BCUT2D eigenvalue weighted by atomic mass is 32.2. The van der Waals surface area contributed by atoms with Gasteiger partial charge in [-0.2, -0.15) is 5.10 Å². The monoisotopic (exact) mass is 383 g/mol. The maximum absolute atomic E-state index is 12.1. The van der Waals surface area contributed by atoms with Crippen LogP contribution in [-0.2, 0) is 11.8 Å². The lowest BCUT2D eigenvalue weighted by atomic mass is 10.1. The number of thioether (sulfide) groups is 1. The zero-order valence-electron chi connectivity index (χ0n) is 14.7. The van der Waals surface area contributed by atoms with Gasteiger partial charge in [-0.25, -0.2) is 10.4 Å². The summed E-state index contributed by atoms with van der Waals surface area (Å²) in [5, 5.41) is 15.6. The third kappa shape index (κ3) is 4.32. The predicted octanol–water partition coefficient (Wildman–Crippen LogP) is 3.11. The molecule has 0 aliphatic carbocycles. The smallest absolute Gasteiger partial charge is 0.270 e. The van der Waals surface area contributed by atoms with E-state index in [0.29, 0.717) is 11.3 Å². The van der Waals surface area contributed by atoms with E-state index in [-0.39, 0.29) is 17.3 Å². The molecule has 0 saturated carbocycles. The molecule has 2 aromatic carbocycles. The molecule has 0 saturated heterocycles. The van der Waals surface area contributed by atoms with Crippen molar-refractivity contribution in [3.8, 4) is 0 Å². The van der Waals surface area contributed by atoms with Gasteiger partial charge in [-0.05, 0) is 19.1 Å². The van der Waals surface area contributed by atoms with Crippen LogP contribution >= 0.6 is 11.8 Å². The minimum atomic E-state index is -0.469. The number of carbonyl (C=O) groups is 1. The van der Waals surface area contributed by atoms with Crippen LogP contribution in [0.25, 0.3) is 11.0 Å². The number of nitro groups is 1. The van der Waals surface area contributed by atoms with E-state index in [1.807, 2.05) is 35.9 Å². The van der Waals surface area contributed by atoms with Gasteiger partial charge in [0, 0.05) is 24.7 Å². The van der Waals surface area contributed by atoms with Crippen molar-refractivity contribution in [2.45, 2.75) is 12.1 Å². The fourth-order valence-corrected chi connectivity index (χ4v) is 3.25. The summed E-state index contributed by atoms with van der Waals surface area (Å²) in [6, 6.07) is 13.9. The van der Waals surface area contributed by atoms with E-state index in [2.05, 4.69) is 15.5 Å². The summed E-state index contributed by atoms with van der Waals surface area (Å²) in [5.74, 6) is -0.125. The van der Waals surface area contributed by atoms with Crippen molar-refractivity contribution in [1.29, 1.82) is 0 Å². The lowest BCUT2D eigenvalue weighted by molar-refractivity contribution is -0.384. The number of nitrogens with zero attached hydrogens (tertiary/aromatic N) is 4. The number of nitro benzene ring substituents is 1. The number of aryl methyl sites for hydroxylation is 1. The quantitative estimate of drug-likeness (QED) is 0.305. The summed E-state index contributed by atoms with van der Waals surface area (Å²) >= 11 is 1.32. The largest absolute Gasteiger partial charge is 0.322 e. The van der Waals surface area contributed by atoms with Crippen LogP contribution in [0.4, 0.5) is 5.69 Å². The third-order valence-electron chi connectivity index (χ3n) is 3.90. The van der Waals surface area contributed by atoms with E-state index in [4.69, 9.17) is 0 Å². The number of carbonyl (C=O) groups excluding carboxylic acids is 1. The summed E-state index contributed by atoms with van der Waals surface area (Å²) in [7, 11) is 1.90. The first-order valence-corrected chi connectivity index (χ1v) is 9.06. The molecule has 0 atom stereocenters. The van der Waals surface area contributed by atoms with Gasteiger partial charge in [0.15, 0.2) is 5.16 Å². The Morgan fingerprint density at radius 3 is 2.81 bits per heavy atom. The Kier molecular flexibility index (Phi) is 5.51. The zero-order chi connectivity index (χ0) is 19.4. The van der Waals surface area contributed by atoms with E-state index in [1.165, 1.54) is 23.9 Å². The molecule has 0 unspecified atom stereocenters. The Balaban J connectivity index is 1.62. The lowest BCUT2D eigenvalue weighted by Crippen LogP contribution is -2.21. The molecular weight excluding hydrogens is 366 g/mol. The van der Waals surface area contributed by atoms with Gasteiger partial charge in [0.05, 0.1) is 27.4 Å². The molecule has 9 heteroatoms. The molecule has 138 valence electrons. The van der Waals surface area contributed by atoms with Crippen LogP contribution in [0.5, 0.6) is 0 Å². The first-order chi connectivity index (χ1) is 13.0. The highest BCUT2D eigenvalue weighted by molar-refractivity contribution is 7.99. The van der Waals surface area contributed by atoms with Crippen molar-refractivity contribution >= 4 is 40.1 Å². The van der Waals surface area contributed by atoms with Crippen LogP contribution in [0.15, 0.2) is 58.8 Å². The van der Waals surface area contributed by atoms with Gasteiger partial charge in [0.25, 0.3) is 11.6 Å². The molecule has 1 N–H and O–H groups in total. The standard InChI is InChI=1S/C18H17N5O3S/c1-12(13-6-5-7-14(10-13)23(25)26)20-21-17(24)11-27-18-19-15-8-3-4-9-16(15)22(18)2/h3-10H,11H2,1-2H3,(H,21,24)/b20-12+. The number of fused-ring (bicyclic) bond motifs is 1. The Morgan fingerprint density at radius 2 is 2.07 bits per heavy atom. The number of benzene rings is 2. The minimum absolute atomic E-state index is 0.0224.